The van der Waals surface area contributed by atoms with Crippen molar-refractivity contribution in [2.75, 3.05) is 0 Å². The number of imide groups is 2. The Balaban J connectivity index is 2.28. The maximum absolute atomic E-state index is 11.2. The summed E-state index contributed by atoms with van der Waals surface area (Å²) in [6.45, 7) is 1.83. The molecule has 0 atom stereocenters. The van der Waals surface area contributed by atoms with E-state index in [-0.39, 0.29) is 0 Å². The summed E-state index contributed by atoms with van der Waals surface area (Å²) in [4.78, 5) is 34.4. The third-order valence-corrected chi connectivity index (χ3v) is 2.79. The molecule has 0 aromatic carbocycles. The van der Waals surface area contributed by atoms with E-state index in [2.05, 4.69) is 0 Å². The molecule has 0 spiro atoms. The molecule has 1 saturated carbocycles. The molecule has 2 aliphatic rings. The van der Waals surface area contributed by atoms with Gasteiger partial charge in [-0.1, -0.05) is 0 Å². The van der Waals surface area contributed by atoms with Crippen LogP contribution < -0.4 is 5.32 Å². The quantitative estimate of drug-likeness (QED) is 0.458. The van der Waals surface area contributed by atoms with Crippen LogP contribution in [0, 0.1) is 0 Å². The van der Waals surface area contributed by atoms with E-state index in [1.807, 2.05) is 12.2 Å². The third-order valence-electron chi connectivity index (χ3n) is 2.79. The lowest BCUT2D eigenvalue weighted by atomic mass is 9.77. The number of nitrogens with zero attached hydrogens (tertiary/aromatic N) is 1. The van der Waals surface area contributed by atoms with E-state index < -0.39 is 23.4 Å². The van der Waals surface area contributed by atoms with Crippen molar-refractivity contribution in [3.63, 3.8) is 0 Å². The summed E-state index contributed by atoms with van der Waals surface area (Å²) in [7, 11) is 0. The Morgan fingerprint density at radius 3 is 2.23 bits per heavy atom. The molecule has 13 heavy (non-hydrogen) atoms. The van der Waals surface area contributed by atoms with Crippen molar-refractivity contribution >= 4 is 17.8 Å². The van der Waals surface area contributed by atoms with Crippen molar-refractivity contribution in [1.82, 2.24) is 10.2 Å². The highest BCUT2D eigenvalue weighted by Gasteiger charge is 2.50. The van der Waals surface area contributed by atoms with Crippen LogP contribution in [0.3, 0.4) is 0 Å². The van der Waals surface area contributed by atoms with Crippen molar-refractivity contribution in [2.24, 2.45) is 0 Å². The van der Waals surface area contributed by atoms with Crippen LogP contribution in [-0.4, -0.2) is 28.3 Å². The van der Waals surface area contributed by atoms with Gasteiger partial charge in [0.2, 0.25) is 0 Å². The number of amides is 4. The maximum atomic E-state index is 11.2. The topological polar surface area (TPSA) is 66.5 Å². The Bertz CT molecular complexity index is 307. The monoisotopic (exact) mass is 182 g/mol. The van der Waals surface area contributed by atoms with Gasteiger partial charge < -0.3 is 0 Å². The molecule has 5 heteroatoms. The Morgan fingerprint density at radius 1 is 1.31 bits per heavy atom. The van der Waals surface area contributed by atoms with Gasteiger partial charge in [0.15, 0.2) is 0 Å². The molecular weight excluding hydrogens is 172 g/mol. The Kier molecular flexibility index (Phi) is 1.46. The predicted molar refractivity (Wildman–Crippen MR) is 42.6 cm³/mol. The number of carbonyl (C=O) groups is 3. The summed E-state index contributed by atoms with van der Waals surface area (Å²) in [5, 5.41) is 1.99. The lowest BCUT2D eigenvalue weighted by Crippen LogP contribution is -2.54. The van der Waals surface area contributed by atoms with Crippen LogP contribution in [0.5, 0.6) is 0 Å². The van der Waals surface area contributed by atoms with E-state index in [1.54, 1.807) is 0 Å². The first-order valence-corrected chi connectivity index (χ1v) is 4.24. The van der Waals surface area contributed by atoms with Gasteiger partial charge in [-0.05, 0) is 26.2 Å². The van der Waals surface area contributed by atoms with E-state index >= 15 is 0 Å². The van der Waals surface area contributed by atoms with Gasteiger partial charge in [-0.15, -0.1) is 0 Å². The molecular formula is C8H10N2O3. The predicted octanol–water partition coefficient (Wildman–Crippen LogP) is 0.00740. The lowest BCUT2D eigenvalue weighted by Gasteiger charge is -2.43. The number of carbonyl (C=O) groups excluding carboxylic acids is 3. The zero-order valence-corrected chi connectivity index (χ0v) is 7.29. The Labute approximate surface area is 75.1 Å². The van der Waals surface area contributed by atoms with Crippen LogP contribution in [0.1, 0.15) is 26.2 Å². The number of urea groups is 1. The maximum Gasteiger partial charge on any atom is 0.332 e. The van der Waals surface area contributed by atoms with Crippen LogP contribution in [0.15, 0.2) is 0 Å². The van der Waals surface area contributed by atoms with Gasteiger partial charge in [0.1, 0.15) is 0 Å². The van der Waals surface area contributed by atoms with Gasteiger partial charge in [0.05, 0.1) is 5.54 Å². The average Bonchev–Trinajstić information content (AvgIpc) is 2.23. The molecule has 70 valence electrons. The summed E-state index contributed by atoms with van der Waals surface area (Å²) in [6, 6.07) is -0.572. The molecule has 1 saturated heterocycles. The number of hydrogen-bond acceptors (Lipinski definition) is 3. The molecule has 2 fully saturated rings. The number of hydrogen-bond donors (Lipinski definition) is 1. The van der Waals surface area contributed by atoms with Gasteiger partial charge in [0, 0.05) is 0 Å². The summed E-state index contributed by atoms with van der Waals surface area (Å²) < 4.78 is 0. The van der Waals surface area contributed by atoms with E-state index in [1.165, 1.54) is 0 Å². The first-order valence-electron chi connectivity index (χ1n) is 4.24. The molecule has 1 aliphatic heterocycles. The highest BCUT2D eigenvalue weighted by Crippen LogP contribution is 2.38. The fourth-order valence-electron chi connectivity index (χ4n) is 1.80. The normalized spacial score (nSPS) is 25.9. The molecule has 1 N–H and O–H groups in total. The largest absolute Gasteiger partial charge is 0.332 e. The molecule has 2 rings (SSSR count). The molecule has 1 aliphatic carbocycles. The van der Waals surface area contributed by atoms with E-state index in [0.717, 1.165) is 24.2 Å². The molecule has 0 aromatic rings. The van der Waals surface area contributed by atoms with Crippen LogP contribution in [0.4, 0.5) is 4.79 Å². The Hall–Kier alpha value is -1.39. The van der Waals surface area contributed by atoms with Crippen molar-refractivity contribution in [3.8, 4) is 0 Å². The minimum absolute atomic E-state index is 0.423. The van der Waals surface area contributed by atoms with E-state index in [0.29, 0.717) is 0 Å². The zero-order valence-electron chi connectivity index (χ0n) is 7.29. The molecule has 0 aromatic heterocycles. The van der Waals surface area contributed by atoms with Crippen LogP contribution in [0.25, 0.3) is 0 Å². The summed E-state index contributed by atoms with van der Waals surface area (Å²) in [5.74, 6) is -1.52. The Morgan fingerprint density at radius 2 is 1.92 bits per heavy atom. The minimum Gasteiger partial charge on any atom is -0.269 e. The van der Waals surface area contributed by atoms with Crippen molar-refractivity contribution in [1.29, 1.82) is 0 Å². The second-order valence-electron chi connectivity index (χ2n) is 3.75. The van der Waals surface area contributed by atoms with Crippen molar-refractivity contribution < 1.29 is 14.4 Å². The minimum atomic E-state index is -0.807. The van der Waals surface area contributed by atoms with Gasteiger partial charge in [-0.2, -0.15) is 0 Å². The van der Waals surface area contributed by atoms with Gasteiger partial charge >= 0.3 is 17.8 Å². The zero-order chi connectivity index (χ0) is 9.64. The van der Waals surface area contributed by atoms with Crippen molar-refractivity contribution in [2.45, 2.75) is 31.7 Å². The summed E-state index contributed by atoms with van der Waals surface area (Å²) in [6.07, 6.45) is 2.58. The smallest absolute Gasteiger partial charge is 0.269 e. The fourth-order valence-corrected chi connectivity index (χ4v) is 1.80. The summed E-state index contributed by atoms with van der Waals surface area (Å²) in [5.41, 5.74) is -0.423. The molecule has 0 radical (unpaired) electrons. The second kappa shape index (κ2) is 2.31. The first-order chi connectivity index (χ1) is 6.04. The van der Waals surface area contributed by atoms with Crippen LogP contribution in [-0.2, 0) is 9.59 Å². The molecule has 5 nitrogen and oxygen atoms in total. The SMILES string of the molecule is CC1(N2C(=O)NC(=O)C2=O)CCC1. The average molecular weight is 182 g/mol. The standard InChI is InChI=1S/C8H10N2O3/c1-8(3-2-4-8)10-6(12)5(11)9-7(10)13/h2-4H2,1H3,(H,9,11,13). The summed E-state index contributed by atoms with van der Waals surface area (Å²) >= 11 is 0. The van der Waals surface area contributed by atoms with Gasteiger partial charge in [0.25, 0.3) is 0 Å². The molecule has 0 bridgehead atoms. The highest BCUT2D eigenvalue weighted by molar-refractivity contribution is 6.45. The molecule has 4 amide bonds. The van der Waals surface area contributed by atoms with E-state index in [9.17, 15) is 14.4 Å². The molecule has 0 unspecified atom stereocenters. The highest BCUT2D eigenvalue weighted by atomic mass is 16.2. The van der Waals surface area contributed by atoms with Crippen LogP contribution in [0.2, 0.25) is 0 Å². The van der Waals surface area contributed by atoms with Crippen molar-refractivity contribution in [3.05, 3.63) is 0 Å². The second-order valence-corrected chi connectivity index (χ2v) is 3.75. The lowest BCUT2D eigenvalue weighted by molar-refractivity contribution is -0.144. The van der Waals surface area contributed by atoms with E-state index in [4.69, 9.17) is 0 Å². The number of rotatable bonds is 1. The third kappa shape index (κ3) is 0.961. The fraction of sp³-hybridized carbons (Fsp3) is 0.625. The number of nitrogens with one attached hydrogen (secondary N) is 1. The van der Waals surface area contributed by atoms with Gasteiger partial charge in [-0.3, -0.25) is 14.9 Å². The van der Waals surface area contributed by atoms with Crippen LogP contribution >= 0.6 is 0 Å². The first kappa shape index (κ1) is 8.22. The van der Waals surface area contributed by atoms with Gasteiger partial charge in [-0.25, -0.2) is 9.69 Å². The molecule has 1 heterocycles.